The monoisotopic (exact) mass is 390 g/mol. The molecule has 8 heteroatoms. The maximum atomic E-state index is 12.3. The summed E-state index contributed by atoms with van der Waals surface area (Å²) in [6.07, 6.45) is 1.38. The molecular formula is C18H12Cl2N2O4. The van der Waals surface area contributed by atoms with Gasteiger partial charge in [-0.3, -0.25) is 4.79 Å². The molecule has 2 N–H and O–H groups in total. The summed E-state index contributed by atoms with van der Waals surface area (Å²) >= 11 is 12.0. The highest BCUT2D eigenvalue weighted by Crippen LogP contribution is 2.30. The van der Waals surface area contributed by atoms with E-state index in [9.17, 15) is 14.9 Å². The first-order chi connectivity index (χ1) is 12.4. The van der Waals surface area contributed by atoms with Gasteiger partial charge in [0.25, 0.3) is 5.91 Å². The molecule has 1 amide bonds. The number of carbonyl (C=O) groups is 2. The number of carboxylic acids is 1. The number of nitrogens with one attached hydrogen (secondary N) is 1. The maximum absolute atomic E-state index is 12.3. The number of rotatable bonds is 6. The van der Waals surface area contributed by atoms with Crippen LogP contribution in [0.25, 0.3) is 6.08 Å². The average Bonchev–Trinajstić information content (AvgIpc) is 2.62. The van der Waals surface area contributed by atoms with E-state index in [2.05, 4.69) is 5.32 Å². The molecule has 0 bridgehead atoms. The van der Waals surface area contributed by atoms with Gasteiger partial charge in [0.2, 0.25) is 0 Å². The van der Waals surface area contributed by atoms with Crippen LogP contribution >= 0.6 is 23.2 Å². The lowest BCUT2D eigenvalue weighted by molar-refractivity contribution is -0.139. The van der Waals surface area contributed by atoms with Crippen LogP contribution in [0.3, 0.4) is 0 Å². The smallest absolute Gasteiger partial charge is 0.341 e. The molecule has 26 heavy (non-hydrogen) atoms. The third-order valence-corrected chi connectivity index (χ3v) is 3.75. The normalized spacial score (nSPS) is 10.7. The number of ether oxygens (including phenoxy) is 1. The number of nitriles is 1. The van der Waals surface area contributed by atoms with Gasteiger partial charge in [-0.15, -0.1) is 0 Å². The Morgan fingerprint density at radius 3 is 2.31 bits per heavy atom. The van der Waals surface area contributed by atoms with Crippen molar-refractivity contribution in [3.05, 3.63) is 63.6 Å². The molecule has 0 aliphatic heterocycles. The predicted molar refractivity (Wildman–Crippen MR) is 98.3 cm³/mol. The first-order valence-electron chi connectivity index (χ1n) is 7.22. The van der Waals surface area contributed by atoms with Crippen molar-refractivity contribution in [3.8, 4) is 11.8 Å². The minimum atomic E-state index is -1.09. The number of carboxylic acid groups (broad SMARTS) is 1. The molecule has 0 saturated carbocycles. The van der Waals surface area contributed by atoms with Crippen molar-refractivity contribution in [1.29, 1.82) is 5.26 Å². The molecule has 0 aromatic heterocycles. The predicted octanol–water partition coefficient (Wildman–Crippen LogP) is 4.00. The van der Waals surface area contributed by atoms with Crippen LogP contribution in [0.5, 0.6) is 5.75 Å². The van der Waals surface area contributed by atoms with E-state index < -0.39 is 18.5 Å². The van der Waals surface area contributed by atoms with E-state index in [1.807, 2.05) is 6.07 Å². The van der Waals surface area contributed by atoms with Crippen molar-refractivity contribution in [2.45, 2.75) is 0 Å². The van der Waals surface area contributed by atoms with Gasteiger partial charge < -0.3 is 15.2 Å². The van der Waals surface area contributed by atoms with E-state index in [-0.39, 0.29) is 21.3 Å². The number of hydrogen-bond donors (Lipinski definition) is 2. The van der Waals surface area contributed by atoms with Gasteiger partial charge in [0, 0.05) is 0 Å². The molecule has 0 spiro atoms. The van der Waals surface area contributed by atoms with E-state index in [0.717, 1.165) is 0 Å². The molecular weight excluding hydrogens is 379 g/mol. The first-order valence-corrected chi connectivity index (χ1v) is 7.98. The second kappa shape index (κ2) is 8.90. The summed E-state index contributed by atoms with van der Waals surface area (Å²) in [4.78, 5) is 22.8. The van der Waals surface area contributed by atoms with E-state index in [1.165, 1.54) is 18.2 Å². The van der Waals surface area contributed by atoms with Crippen molar-refractivity contribution in [2.24, 2.45) is 0 Å². The number of anilines is 1. The molecule has 0 saturated heterocycles. The molecule has 0 radical (unpaired) electrons. The Morgan fingerprint density at radius 2 is 1.77 bits per heavy atom. The highest BCUT2D eigenvalue weighted by molar-refractivity contribution is 6.40. The fraction of sp³-hybridized carbons (Fsp3) is 0.0556. The van der Waals surface area contributed by atoms with Gasteiger partial charge in [0.1, 0.15) is 17.4 Å². The Kier molecular flexibility index (Phi) is 6.61. The lowest BCUT2D eigenvalue weighted by Crippen LogP contribution is -2.14. The summed E-state index contributed by atoms with van der Waals surface area (Å²) in [5, 5.41) is 20.8. The molecule has 6 nitrogen and oxygen atoms in total. The van der Waals surface area contributed by atoms with Crippen LogP contribution in [0.4, 0.5) is 5.69 Å². The van der Waals surface area contributed by atoms with Crippen molar-refractivity contribution < 1.29 is 19.4 Å². The summed E-state index contributed by atoms with van der Waals surface area (Å²) in [5.74, 6) is -1.39. The lowest BCUT2D eigenvalue weighted by atomic mass is 10.1. The van der Waals surface area contributed by atoms with E-state index in [4.69, 9.17) is 33.0 Å². The Morgan fingerprint density at radius 1 is 1.15 bits per heavy atom. The van der Waals surface area contributed by atoms with Crippen LogP contribution in [0.2, 0.25) is 10.0 Å². The zero-order valence-electron chi connectivity index (χ0n) is 13.2. The number of nitrogens with zero attached hydrogens (tertiary/aromatic N) is 1. The van der Waals surface area contributed by atoms with Crippen molar-refractivity contribution >= 4 is 46.8 Å². The van der Waals surface area contributed by atoms with Crippen LogP contribution in [0.1, 0.15) is 5.56 Å². The average molecular weight is 391 g/mol. The summed E-state index contributed by atoms with van der Waals surface area (Å²) in [5.41, 5.74) is 0.629. The van der Waals surface area contributed by atoms with E-state index >= 15 is 0 Å². The number of benzene rings is 2. The number of halogens is 2. The fourth-order valence-electron chi connectivity index (χ4n) is 1.92. The van der Waals surface area contributed by atoms with Crippen LogP contribution in [0.15, 0.2) is 48.0 Å². The highest BCUT2D eigenvalue weighted by atomic mass is 35.5. The third kappa shape index (κ3) is 5.24. The summed E-state index contributed by atoms with van der Waals surface area (Å²) in [7, 11) is 0. The van der Waals surface area contributed by atoms with Gasteiger partial charge in [-0.1, -0.05) is 41.4 Å². The van der Waals surface area contributed by atoms with Crippen molar-refractivity contribution in [2.75, 3.05) is 11.9 Å². The van der Waals surface area contributed by atoms with Gasteiger partial charge in [-0.2, -0.15) is 5.26 Å². The Hall–Kier alpha value is -3.01. The molecule has 2 aromatic carbocycles. The fourth-order valence-corrected chi connectivity index (χ4v) is 2.41. The second-order valence-corrected chi connectivity index (χ2v) is 5.79. The Bertz CT molecular complexity index is 882. The molecule has 0 fully saturated rings. The van der Waals surface area contributed by atoms with Crippen LogP contribution in [-0.2, 0) is 9.59 Å². The second-order valence-electron chi connectivity index (χ2n) is 4.97. The van der Waals surface area contributed by atoms with Gasteiger partial charge >= 0.3 is 5.97 Å². The SMILES string of the molecule is N#C/C(=C\c1ccc(OCC(=O)O)cc1)C(=O)Nc1c(Cl)cccc1Cl. The van der Waals surface area contributed by atoms with E-state index in [1.54, 1.807) is 30.3 Å². The largest absolute Gasteiger partial charge is 0.482 e. The van der Waals surface area contributed by atoms with Gasteiger partial charge in [0.15, 0.2) is 6.61 Å². The quantitative estimate of drug-likeness (QED) is 0.573. The zero-order valence-corrected chi connectivity index (χ0v) is 14.7. The number of amides is 1. The van der Waals surface area contributed by atoms with Crippen molar-refractivity contribution in [1.82, 2.24) is 0 Å². The molecule has 132 valence electrons. The molecule has 2 aromatic rings. The first kappa shape index (κ1) is 19.3. The van der Waals surface area contributed by atoms with Gasteiger partial charge in [-0.05, 0) is 35.9 Å². The van der Waals surface area contributed by atoms with Crippen LogP contribution in [-0.4, -0.2) is 23.6 Å². The number of aliphatic carboxylic acids is 1. The van der Waals surface area contributed by atoms with Crippen LogP contribution in [0, 0.1) is 11.3 Å². The minimum absolute atomic E-state index is 0.153. The Balaban J connectivity index is 2.15. The maximum Gasteiger partial charge on any atom is 0.341 e. The molecule has 0 aliphatic carbocycles. The Labute approximate surface area is 159 Å². The molecule has 0 atom stereocenters. The standard InChI is InChI=1S/C18H12Cl2N2O4/c19-14-2-1-3-15(20)17(14)22-18(25)12(9-21)8-11-4-6-13(7-5-11)26-10-16(23)24/h1-8H,10H2,(H,22,25)(H,23,24)/b12-8+. The molecule has 2 rings (SSSR count). The minimum Gasteiger partial charge on any atom is -0.482 e. The number of para-hydroxylation sites is 1. The number of hydrogen-bond acceptors (Lipinski definition) is 4. The highest BCUT2D eigenvalue weighted by Gasteiger charge is 2.13. The van der Waals surface area contributed by atoms with Gasteiger partial charge in [0.05, 0.1) is 15.7 Å². The molecule has 0 unspecified atom stereocenters. The molecule has 0 aliphatic rings. The van der Waals surface area contributed by atoms with Crippen molar-refractivity contribution in [3.63, 3.8) is 0 Å². The zero-order chi connectivity index (χ0) is 19.1. The lowest BCUT2D eigenvalue weighted by Gasteiger charge is -2.08. The van der Waals surface area contributed by atoms with Gasteiger partial charge in [-0.25, -0.2) is 4.79 Å². The van der Waals surface area contributed by atoms with Crippen LogP contribution < -0.4 is 10.1 Å². The number of carbonyl (C=O) groups excluding carboxylic acids is 1. The summed E-state index contributed by atoms with van der Waals surface area (Å²) in [6.45, 7) is -0.459. The third-order valence-electron chi connectivity index (χ3n) is 3.12. The summed E-state index contributed by atoms with van der Waals surface area (Å²) < 4.78 is 5.01. The summed E-state index contributed by atoms with van der Waals surface area (Å²) in [6, 6.07) is 12.8. The molecule has 0 heterocycles. The topological polar surface area (TPSA) is 99.4 Å². The van der Waals surface area contributed by atoms with E-state index in [0.29, 0.717) is 11.3 Å².